The molecule has 0 atom stereocenters. The molecule has 8 nitrogen and oxygen atoms in total. The lowest BCUT2D eigenvalue weighted by Gasteiger charge is -2.23. The minimum absolute atomic E-state index is 0.0647. The van der Waals surface area contributed by atoms with Crippen molar-refractivity contribution in [2.45, 2.75) is 18.4 Å². The second-order valence-corrected chi connectivity index (χ2v) is 13.6. The second-order valence-electron chi connectivity index (χ2n) is 9.15. The molecule has 0 saturated carbocycles. The fourth-order valence-electron chi connectivity index (χ4n) is 3.85. The Hall–Kier alpha value is -3.09. The molecule has 0 aliphatic heterocycles. The zero-order chi connectivity index (χ0) is 31.1. The van der Waals surface area contributed by atoms with Gasteiger partial charge in [-0.1, -0.05) is 62.9 Å². The number of methoxy groups -OCH3 is 1. The zero-order valence-electron chi connectivity index (χ0n) is 22.9. The second kappa shape index (κ2) is 14.6. The Bertz CT molecular complexity index is 1750. The number of nitrogens with one attached hydrogen (secondary N) is 1. The molecule has 0 saturated heterocycles. The lowest BCUT2D eigenvalue weighted by atomic mass is 10.2. The highest BCUT2D eigenvalue weighted by molar-refractivity contribution is 9.10. The predicted octanol–water partition coefficient (Wildman–Crippen LogP) is 7.76. The molecule has 4 aromatic carbocycles. The predicted molar refractivity (Wildman–Crippen MR) is 177 cm³/mol. The third-order valence-corrected chi connectivity index (χ3v) is 9.55. The van der Waals surface area contributed by atoms with Gasteiger partial charge in [0.1, 0.15) is 13.2 Å². The van der Waals surface area contributed by atoms with Crippen LogP contribution in [0, 0.1) is 6.92 Å². The van der Waals surface area contributed by atoms with Crippen LogP contribution < -0.4 is 19.2 Å². The van der Waals surface area contributed by atoms with E-state index in [2.05, 4.69) is 42.4 Å². The van der Waals surface area contributed by atoms with Crippen LogP contribution >= 0.6 is 55.1 Å². The number of carbonyl (C=O) groups excluding carboxylic acids is 1. The van der Waals surface area contributed by atoms with Crippen LogP contribution in [0.15, 0.2) is 97.8 Å². The molecular formula is C30H25Br2Cl2N3O5S. The summed E-state index contributed by atoms with van der Waals surface area (Å²) in [6.07, 6.45) is 1.41. The number of anilines is 1. The van der Waals surface area contributed by atoms with Gasteiger partial charge in [0.2, 0.25) is 0 Å². The molecule has 1 amide bonds. The Kier molecular flexibility index (Phi) is 11.1. The van der Waals surface area contributed by atoms with Gasteiger partial charge in [-0.25, -0.2) is 13.8 Å². The monoisotopic (exact) mass is 767 g/mol. The highest BCUT2D eigenvalue weighted by Crippen LogP contribution is 2.37. The van der Waals surface area contributed by atoms with E-state index < -0.39 is 22.5 Å². The van der Waals surface area contributed by atoms with Gasteiger partial charge in [0.15, 0.2) is 11.5 Å². The molecule has 0 spiro atoms. The maximum atomic E-state index is 13.5. The van der Waals surface area contributed by atoms with E-state index in [4.69, 9.17) is 32.7 Å². The number of nitrogens with zero attached hydrogens (tertiary/aromatic N) is 2. The fraction of sp³-hybridized carbons (Fsp3) is 0.133. The number of ether oxygens (including phenoxy) is 2. The van der Waals surface area contributed by atoms with Crippen LogP contribution in [0.1, 0.15) is 16.7 Å². The van der Waals surface area contributed by atoms with Gasteiger partial charge in [-0.2, -0.15) is 5.10 Å². The molecule has 1 N–H and O–H groups in total. The number of carbonyl (C=O) groups is 1. The van der Waals surface area contributed by atoms with E-state index in [0.717, 1.165) is 19.9 Å². The van der Waals surface area contributed by atoms with Crippen molar-refractivity contribution in [3.05, 3.63) is 115 Å². The van der Waals surface area contributed by atoms with Crippen LogP contribution in [-0.4, -0.2) is 34.2 Å². The summed E-state index contributed by atoms with van der Waals surface area (Å²) < 4.78 is 40.9. The van der Waals surface area contributed by atoms with E-state index in [1.54, 1.807) is 66.7 Å². The van der Waals surface area contributed by atoms with Crippen molar-refractivity contribution in [1.82, 2.24) is 5.43 Å². The summed E-state index contributed by atoms with van der Waals surface area (Å²) in [4.78, 5) is 13.0. The summed E-state index contributed by atoms with van der Waals surface area (Å²) in [7, 11) is -2.55. The van der Waals surface area contributed by atoms with Crippen molar-refractivity contribution < 1.29 is 22.7 Å². The van der Waals surface area contributed by atoms with Crippen LogP contribution in [0.2, 0.25) is 10.0 Å². The third-order valence-electron chi connectivity index (χ3n) is 6.05. The summed E-state index contributed by atoms with van der Waals surface area (Å²) >= 11 is 19.1. The van der Waals surface area contributed by atoms with Crippen molar-refractivity contribution in [2.75, 3.05) is 18.0 Å². The van der Waals surface area contributed by atoms with E-state index in [0.29, 0.717) is 37.3 Å². The Morgan fingerprint density at radius 2 is 1.70 bits per heavy atom. The molecular weight excluding hydrogens is 745 g/mol. The first-order chi connectivity index (χ1) is 20.5. The van der Waals surface area contributed by atoms with E-state index in [1.165, 1.54) is 25.5 Å². The number of halogens is 4. The van der Waals surface area contributed by atoms with Crippen LogP contribution in [0.4, 0.5) is 5.69 Å². The molecule has 0 aliphatic rings. The van der Waals surface area contributed by atoms with Crippen molar-refractivity contribution in [1.29, 1.82) is 0 Å². The molecule has 4 rings (SSSR count). The van der Waals surface area contributed by atoms with E-state index >= 15 is 0 Å². The Morgan fingerprint density at radius 1 is 1.00 bits per heavy atom. The molecule has 0 fully saturated rings. The molecule has 0 aromatic heterocycles. The Morgan fingerprint density at radius 3 is 2.35 bits per heavy atom. The first-order valence-electron chi connectivity index (χ1n) is 12.6. The lowest BCUT2D eigenvalue weighted by molar-refractivity contribution is -0.119. The van der Waals surface area contributed by atoms with E-state index in [-0.39, 0.29) is 11.5 Å². The highest BCUT2D eigenvalue weighted by atomic mass is 79.9. The van der Waals surface area contributed by atoms with Crippen molar-refractivity contribution in [2.24, 2.45) is 5.10 Å². The molecule has 0 unspecified atom stereocenters. The summed E-state index contributed by atoms with van der Waals surface area (Å²) in [5, 5.41) is 5.03. The molecule has 4 aromatic rings. The molecule has 224 valence electrons. The number of hydrogen-bond acceptors (Lipinski definition) is 6. The van der Waals surface area contributed by atoms with Gasteiger partial charge in [-0.3, -0.25) is 9.10 Å². The Labute approximate surface area is 276 Å². The van der Waals surface area contributed by atoms with Gasteiger partial charge in [0.25, 0.3) is 15.9 Å². The summed E-state index contributed by atoms with van der Waals surface area (Å²) in [5.41, 5.74) is 4.97. The number of benzene rings is 4. The number of sulfonamides is 1. The highest BCUT2D eigenvalue weighted by Gasteiger charge is 2.27. The minimum atomic E-state index is -4.05. The summed E-state index contributed by atoms with van der Waals surface area (Å²) in [5.74, 6) is 0.222. The van der Waals surface area contributed by atoms with Gasteiger partial charge in [0.05, 0.1) is 28.4 Å². The molecule has 0 heterocycles. The minimum Gasteiger partial charge on any atom is -0.493 e. The number of amides is 1. The van der Waals surface area contributed by atoms with Crippen LogP contribution in [0.25, 0.3) is 0 Å². The van der Waals surface area contributed by atoms with Crippen molar-refractivity contribution in [3.8, 4) is 11.5 Å². The summed E-state index contributed by atoms with van der Waals surface area (Å²) in [6, 6.07) is 21.6. The molecule has 13 heteroatoms. The van der Waals surface area contributed by atoms with Gasteiger partial charge < -0.3 is 9.47 Å². The number of hydrogen-bond donors (Lipinski definition) is 1. The van der Waals surface area contributed by atoms with Crippen LogP contribution in [0.5, 0.6) is 11.5 Å². The molecule has 0 aliphatic carbocycles. The average molecular weight is 770 g/mol. The van der Waals surface area contributed by atoms with Gasteiger partial charge >= 0.3 is 0 Å². The van der Waals surface area contributed by atoms with Crippen molar-refractivity contribution in [3.63, 3.8) is 0 Å². The molecule has 43 heavy (non-hydrogen) atoms. The fourth-order valence-corrected chi connectivity index (χ4v) is 6.57. The maximum absolute atomic E-state index is 13.5. The van der Waals surface area contributed by atoms with Crippen molar-refractivity contribution >= 4 is 82.9 Å². The quantitative estimate of drug-likeness (QED) is 0.124. The van der Waals surface area contributed by atoms with Gasteiger partial charge in [-0.05, 0) is 89.1 Å². The largest absolute Gasteiger partial charge is 0.493 e. The van der Waals surface area contributed by atoms with Gasteiger partial charge in [-0.15, -0.1) is 0 Å². The van der Waals surface area contributed by atoms with E-state index in [1.807, 2.05) is 6.92 Å². The number of rotatable bonds is 11. The molecule has 0 radical (unpaired) electrons. The third kappa shape index (κ3) is 8.51. The molecule has 0 bridgehead atoms. The Balaban J connectivity index is 1.48. The first-order valence-corrected chi connectivity index (χ1v) is 16.4. The number of aryl methyl sites for hydroxylation is 1. The van der Waals surface area contributed by atoms with E-state index in [9.17, 15) is 13.2 Å². The normalized spacial score (nSPS) is 11.4. The number of hydrazone groups is 1. The summed E-state index contributed by atoms with van der Waals surface area (Å²) in [6.45, 7) is 1.54. The lowest BCUT2D eigenvalue weighted by Crippen LogP contribution is -2.39. The smallest absolute Gasteiger partial charge is 0.264 e. The maximum Gasteiger partial charge on any atom is 0.264 e. The topological polar surface area (TPSA) is 97.3 Å². The average Bonchev–Trinajstić information content (AvgIpc) is 2.96. The first kappa shape index (κ1) is 32.8. The van der Waals surface area contributed by atoms with Crippen LogP contribution in [0.3, 0.4) is 0 Å². The van der Waals surface area contributed by atoms with Crippen LogP contribution in [-0.2, 0) is 21.4 Å². The zero-order valence-corrected chi connectivity index (χ0v) is 28.4. The standard InChI is InChI=1S/C30H25Br2Cl2N3O5S/c1-19-3-11-25(12-4-19)43(39,40)37(24-9-6-22(31)7-10-24)17-29(38)36-35-16-20-13-26(32)30(28(14-20)41-2)42-18-21-5-8-23(33)15-27(21)34/h3-16H,17-18H2,1-2H3,(H,36,38). The SMILES string of the molecule is COc1cc(C=NNC(=O)CN(c2ccc(Br)cc2)S(=O)(=O)c2ccc(C)cc2)cc(Br)c1OCc1ccc(Cl)cc1Cl. The van der Waals surface area contributed by atoms with Gasteiger partial charge in [0, 0.05) is 20.1 Å².